The van der Waals surface area contributed by atoms with Crippen LogP contribution in [0.3, 0.4) is 0 Å². The highest BCUT2D eigenvalue weighted by molar-refractivity contribution is 5.97. The van der Waals surface area contributed by atoms with Gasteiger partial charge in [-0.15, -0.1) is 0 Å². The molecule has 6 nitrogen and oxygen atoms in total. The van der Waals surface area contributed by atoms with Crippen molar-refractivity contribution in [3.63, 3.8) is 0 Å². The molecule has 0 saturated carbocycles. The van der Waals surface area contributed by atoms with E-state index < -0.39 is 0 Å². The zero-order chi connectivity index (χ0) is 19.0. The summed E-state index contributed by atoms with van der Waals surface area (Å²) in [6, 6.07) is 13.7. The largest absolute Gasteiger partial charge is 0.496 e. The highest BCUT2D eigenvalue weighted by Gasteiger charge is 2.35. The van der Waals surface area contributed by atoms with Gasteiger partial charge in [0.25, 0.3) is 0 Å². The molecule has 0 spiro atoms. The molecule has 4 rings (SSSR count). The molecule has 0 bridgehead atoms. The van der Waals surface area contributed by atoms with E-state index in [1.54, 1.807) is 7.11 Å². The van der Waals surface area contributed by atoms with E-state index in [1.165, 1.54) is 0 Å². The molecule has 0 radical (unpaired) electrons. The number of para-hydroxylation sites is 1. The van der Waals surface area contributed by atoms with Crippen LogP contribution in [0.25, 0.3) is 11.4 Å². The van der Waals surface area contributed by atoms with Gasteiger partial charge in [0.1, 0.15) is 5.75 Å². The second kappa shape index (κ2) is 6.87. The molecular weight excluding hydrogens is 342 g/mol. The number of benzene rings is 2. The van der Waals surface area contributed by atoms with Gasteiger partial charge in [-0.1, -0.05) is 29.4 Å². The normalized spacial score (nSPS) is 16.8. The zero-order valence-electron chi connectivity index (χ0n) is 15.6. The van der Waals surface area contributed by atoms with Gasteiger partial charge in [-0.3, -0.25) is 4.79 Å². The van der Waals surface area contributed by atoms with Crippen LogP contribution < -0.4 is 9.64 Å². The smallest absolute Gasteiger partial charge is 0.232 e. The first kappa shape index (κ1) is 17.3. The van der Waals surface area contributed by atoms with Crippen LogP contribution in [0.1, 0.15) is 29.4 Å². The predicted octanol–water partition coefficient (Wildman–Crippen LogP) is 3.88. The van der Waals surface area contributed by atoms with Crippen LogP contribution in [0.15, 0.2) is 47.0 Å². The number of aromatic nitrogens is 2. The Hall–Kier alpha value is -3.15. The van der Waals surface area contributed by atoms with Crippen molar-refractivity contribution in [3.8, 4) is 17.1 Å². The van der Waals surface area contributed by atoms with E-state index in [9.17, 15) is 4.79 Å². The van der Waals surface area contributed by atoms with Crippen molar-refractivity contribution in [1.29, 1.82) is 0 Å². The first-order chi connectivity index (χ1) is 13.1. The van der Waals surface area contributed by atoms with Gasteiger partial charge in [0.05, 0.1) is 18.6 Å². The number of carbonyl (C=O) groups excluding carboxylic acids is 1. The summed E-state index contributed by atoms with van der Waals surface area (Å²) in [7, 11) is 1.61. The number of hydrogen-bond acceptors (Lipinski definition) is 5. The van der Waals surface area contributed by atoms with Gasteiger partial charge in [0, 0.05) is 18.7 Å². The standard InChI is InChI=1S/C21H21N3O3/c1-13-8-9-14(2)17(10-13)24-12-15(11-19(24)25)21-22-20(23-27-21)16-6-4-5-7-18(16)26-3/h4-10,15H,11-12H2,1-3H3. The fraction of sp³-hybridized carbons (Fsp3) is 0.286. The van der Waals surface area contributed by atoms with Crippen LogP contribution in [0.2, 0.25) is 0 Å². The summed E-state index contributed by atoms with van der Waals surface area (Å²) in [5.41, 5.74) is 3.93. The summed E-state index contributed by atoms with van der Waals surface area (Å²) >= 11 is 0. The Morgan fingerprint density at radius 1 is 1.19 bits per heavy atom. The first-order valence-electron chi connectivity index (χ1n) is 8.91. The molecule has 1 amide bonds. The van der Waals surface area contributed by atoms with Gasteiger partial charge in [0.15, 0.2) is 0 Å². The number of methoxy groups -OCH3 is 1. The van der Waals surface area contributed by atoms with Gasteiger partial charge in [-0.25, -0.2) is 0 Å². The molecule has 3 aromatic rings. The molecule has 1 unspecified atom stereocenters. The Bertz CT molecular complexity index is 996. The maximum atomic E-state index is 12.6. The van der Waals surface area contributed by atoms with E-state index in [2.05, 4.69) is 10.1 Å². The molecule has 6 heteroatoms. The summed E-state index contributed by atoms with van der Waals surface area (Å²) in [6.45, 7) is 4.58. The number of amides is 1. The minimum Gasteiger partial charge on any atom is -0.496 e. The summed E-state index contributed by atoms with van der Waals surface area (Å²) in [5.74, 6) is 1.60. The summed E-state index contributed by atoms with van der Waals surface area (Å²) in [5, 5.41) is 4.10. The number of nitrogens with zero attached hydrogens (tertiary/aromatic N) is 3. The van der Waals surface area contributed by atoms with E-state index >= 15 is 0 Å². The Balaban J connectivity index is 1.60. The molecule has 2 heterocycles. The van der Waals surface area contributed by atoms with Crippen LogP contribution in [0.4, 0.5) is 5.69 Å². The molecule has 1 aliphatic heterocycles. The Morgan fingerprint density at radius 3 is 2.81 bits per heavy atom. The summed E-state index contributed by atoms with van der Waals surface area (Å²) in [6.07, 6.45) is 0.362. The fourth-order valence-corrected chi connectivity index (χ4v) is 3.46. The van der Waals surface area contributed by atoms with E-state index in [0.29, 0.717) is 30.4 Å². The van der Waals surface area contributed by atoms with Crippen LogP contribution in [-0.4, -0.2) is 29.7 Å². The minimum atomic E-state index is -0.117. The number of aryl methyl sites for hydroxylation is 2. The third kappa shape index (κ3) is 3.18. The molecule has 1 atom stereocenters. The highest BCUT2D eigenvalue weighted by atomic mass is 16.5. The van der Waals surface area contributed by atoms with Crippen molar-refractivity contribution in [3.05, 3.63) is 59.5 Å². The average molecular weight is 363 g/mol. The topological polar surface area (TPSA) is 68.5 Å². The Labute approximate surface area is 157 Å². The van der Waals surface area contributed by atoms with Crippen LogP contribution in [0, 0.1) is 13.8 Å². The number of ether oxygens (including phenoxy) is 1. The zero-order valence-corrected chi connectivity index (χ0v) is 15.6. The van der Waals surface area contributed by atoms with Crippen molar-refractivity contribution in [2.45, 2.75) is 26.2 Å². The summed E-state index contributed by atoms with van der Waals surface area (Å²) < 4.78 is 10.9. The van der Waals surface area contributed by atoms with Crippen LogP contribution >= 0.6 is 0 Å². The van der Waals surface area contributed by atoms with E-state index in [4.69, 9.17) is 9.26 Å². The van der Waals surface area contributed by atoms with Crippen molar-refractivity contribution in [2.75, 3.05) is 18.6 Å². The molecule has 1 fully saturated rings. The minimum absolute atomic E-state index is 0.0748. The molecule has 1 aromatic heterocycles. The van der Waals surface area contributed by atoms with Gasteiger partial charge < -0.3 is 14.2 Å². The monoisotopic (exact) mass is 363 g/mol. The first-order valence-corrected chi connectivity index (χ1v) is 8.91. The predicted molar refractivity (Wildman–Crippen MR) is 102 cm³/mol. The SMILES string of the molecule is COc1ccccc1-c1noc(C2CC(=O)N(c3cc(C)ccc3C)C2)n1. The molecule has 2 aromatic carbocycles. The van der Waals surface area contributed by atoms with Gasteiger partial charge in [-0.05, 0) is 43.2 Å². The van der Waals surface area contributed by atoms with E-state index in [1.807, 2.05) is 61.2 Å². The van der Waals surface area contributed by atoms with E-state index in [-0.39, 0.29) is 11.8 Å². The van der Waals surface area contributed by atoms with Crippen LogP contribution in [0.5, 0.6) is 5.75 Å². The second-order valence-corrected chi connectivity index (χ2v) is 6.85. The van der Waals surface area contributed by atoms with Gasteiger partial charge in [0.2, 0.25) is 17.6 Å². The Kier molecular flexibility index (Phi) is 4.39. The number of hydrogen-bond donors (Lipinski definition) is 0. The number of carbonyl (C=O) groups is 1. The molecule has 1 saturated heterocycles. The quantitative estimate of drug-likeness (QED) is 0.703. The van der Waals surface area contributed by atoms with Crippen LogP contribution in [-0.2, 0) is 4.79 Å². The molecule has 0 N–H and O–H groups in total. The molecule has 27 heavy (non-hydrogen) atoms. The van der Waals surface area contributed by atoms with Gasteiger partial charge >= 0.3 is 0 Å². The maximum absolute atomic E-state index is 12.6. The maximum Gasteiger partial charge on any atom is 0.232 e. The summed E-state index contributed by atoms with van der Waals surface area (Å²) in [4.78, 5) is 19.0. The lowest BCUT2D eigenvalue weighted by molar-refractivity contribution is -0.117. The van der Waals surface area contributed by atoms with Gasteiger partial charge in [-0.2, -0.15) is 4.98 Å². The van der Waals surface area contributed by atoms with Crippen molar-refractivity contribution in [2.24, 2.45) is 0 Å². The third-order valence-electron chi connectivity index (χ3n) is 4.92. The second-order valence-electron chi connectivity index (χ2n) is 6.85. The lowest BCUT2D eigenvalue weighted by Crippen LogP contribution is -2.25. The molecule has 0 aliphatic carbocycles. The third-order valence-corrected chi connectivity index (χ3v) is 4.92. The fourth-order valence-electron chi connectivity index (χ4n) is 3.46. The van der Waals surface area contributed by atoms with Crippen molar-refractivity contribution < 1.29 is 14.1 Å². The average Bonchev–Trinajstić information content (AvgIpc) is 3.30. The number of anilines is 1. The number of rotatable bonds is 4. The lowest BCUT2D eigenvalue weighted by atomic mass is 10.1. The van der Waals surface area contributed by atoms with E-state index in [0.717, 1.165) is 22.4 Å². The van der Waals surface area contributed by atoms with Crippen molar-refractivity contribution >= 4 is 11.6 Å². The molecule has 1 aliphatic rings. The lowest BCUT2D eigenvalue weighted by Gasteiger charge is -2.19. The Morgan fingerprint density at radius 2 is 2.00 bits per heavy atom. The molecule has 138 valence electrons. The highest BCUT2D eigenvalue weighted by Crippen LogP contribution is 2.35. The molecular formula is C21H21N3O3. The van der Waals surface area contributed by atoms with Crippen molar-refractivity contribution in [1.82, 2.24) is 10.1 Å².